The van der Waals surface area contributed by atoms with Gasteiger partial charge < -0.3 is 15.8 Å². The summed E-state index contributed by atoms with van der Waals surface area (Å²) in [4.78, 5) is 27.8. The minimum atomic E-state index is -3.81. The monoisotopic (exact) mass is 432 g/mol. The van der Waals surface area contributed by atoms with Crippen molar-refractivity contribution in [3.8, 4) is 11.1 Å². The summed E-state index contributed by atoms with van der Waals surface area (Å²) in [5.41, 5.74) is 7.03. The third kappa shape index (κ3) is 4.50. The minimum Gasteiger partial charge on any atom is -0.468 e. The molecule has 3 rings (SSSR count). The number of anilines is 1. The van der Waals surface area contributed by atoms with Gasteiger partial charge in [-0.3, -0.25) is 9.59 Å². The van der Waals surface area contributed by atoms with Crippen molar-refractivity contribution in [3.05, 3.63) is 42.6 Å². The Hall–Kier alpha value is -2.82. The number of amides is 1. The number of ether oxygens (including phenoxy) is 1. The Kier molecular flexibility index (Phi) is 6.49. The van der Waals surface area contributed by atoms with E-state index in [1.807, 2.05) is 0 Å². The second-order valence-corrected chi connectivity index (χ2v) is 8.92. The quantitative estimate of drug-likeness (QED) is 0.659. The summed E-state index contributed by atoms with van der Waals surface area (Å²) >= 11 is 0. The lowest BCUT2D eigenvalue weighted by Crippen LogP contribution is -2.40. The molecule has 0 radical (unpaired) electrons. The Morgan fingerprint density at radius 1 is 1.20 bits per heavy atom. The first kappa shape index (κ1) is 21.9. The highest BCUT2D eigenvalue weighted by Crippen LogP contribution is 2.28. The Labute approximate surface area is 175 Å². The van der Waals surface area contributed by atoms with Gasteiger partial charge in [0.1, 0.15) is 11.9 Å². The van der Waals surface area contributed by atoms with Crippen LogP contribution in [0, 0.1) is 0 Å². The molecule has 30 heavy (non-hydrogen) atoms. The fraction of sp³-hybridized carbons (Fsp3) is 0.350. The smallest absolute Gasteiger partial charge is 0.324 e. The van der Waals surface area contributed by atoms with Gasteiger partial charge >= 0.3 is 5.97 Å². The molecule has 2 aromatic rings. The van der Waals surface area contributed by atoms with Crippen LogP contribution in [0.2, 0.25) is 0 Å². The highest BCUT2D eigenvalue weighted by molar-refractivity contribution is 7.89. The molecule has 1 unspecified atom stereocenters. The van der Waals surface area contributed by atoms with Crippen LogP contribution in [-0.2, 0) is 24.3 Å². The number of hydrogen-bond donors (Lipinski definition) is 2. The molecule has 9 nitrogen and oxygen atoms in total. The first-order chi connectivity index (χ1) is 14.2. The van der Waals surface area contributed by atoms with Crippen molar-refractivity contribution in [2.75, 3.05) is 19.0 Å². The number of carbonyl (C=O) groups excluding carboxylic acids is 2. The molecule has 1 aromatic heterocycles. The number of aromatic nitrogens is 1. The van der Waals surface area contributed by atoms with Crippen LogP contribution >= 0.6 is 0 Å². The van der Waals surface area contributed by atoms with E-state index < -0.39 is 28.1 Å². The number of hydrogen-bond acceptors (Lipinski definition) is 7. The zero-order valence-electron chi connectivity index (χ0n) is 16.7. The number of nitrogens with zero attached hydrogens (tertiary/aromatic N) is 2. The lowest BCUT2D eigenvalue weighted by Gasteiger charge is -2.22. The van der Waals surface area contributed by atoms with E-state index in [2.05, 4.69) is 10.3 Å². The molecule has 0 saturated carbocycles. The molecule has 160 valence electrons. The van der Waals surface area contributed by atoms with Crippen LogP contribution in [0.4, 0.5) is 5.82 Å². The van der Waals surface area contributed by atoms with Crippen LogP contribution in [0.3, 0.4) is 0 Å². The summed E-state index contributed by atoms with van der Waals surface area (Å²) in [6.45, 7) is 1.86. The van der Waals surface area contributed by atoms with Gasteiger partial charge in [-0.15, -0.1) is 0 Å². The maximum Gasteiger partial charge on any atom is 0.324 e. The maximum atomic E-state index is 13.0. The van der Waals surface area contributed by atoms with E-state index in [0.717, 1.165) is 11.1 Å². The molecular formula is C20H24N4O5S. The van der Waals surface area contributed by atoms with Crippen LogP contribution < -0.4 is 11.1 Å². The van der Waals surface area contributed by atoms with Crippen LogP contribution in [0.15, 0.2) is 47.5 Å². The van der Waals surface area contributed by atoms with E-state index >= 15 is 0 Å². The summed E-state index contributed by atoms with van der Waals surface area (Å²) in [7, 11) is -2.56. The second kappa shape index (κ2) is 8.90. The average Bonchev–Trinajstić information content (AvgIpc) is 3.24. The third-order valence-corrected chi connectivity index (χ3v) is 6.82. The predicted octanol–water partition coefficient (Wildman–Crippen LogP) is 1.36. The molecule has 0 spiro atoms. The van der Waals surface area contributed by atoms with E-state index in [4.69, 9.17) is 10.5 Å². The fourth-order valence-electron chi connectivity index (χ4n) is 3.23. The van der Waals surface area contributed by atoms with Gasteiger partial charge in [-0.25, -0.2) is 13.4 Å². The first-order valence-corrected chi connectivity index (χ1v) is 10.9. The summed E-state index contributed by atoms with van der Waals surface area (Å²) in [6.07, 6.45) is 2.63. The molecule has 0 aliphatic carbocycles. The molecule has 2 heterocycles. The first-order valence-electron chi connectivity index (χ1n) is 9.46. The number of methoxy groups -OCH3 is 1. The average molecular weight is 433 g/mol. The molecular weight excluding hydrogens is 408 g/mol. The molecule has 1 amide bonds. The lowest BCUT2D eigenvalue weighted by molar-refractivity contribution is -0.144. The predicted molar refractivity (Wildman–Crippen MR) is 111 cm³/mol. The summed E-state index contributed by atoms with van der Waals surface area (Å²) in [6, 6.07) is 8.33. The number of nitrogens with one attached hydrogen (secondary N) is 1. The fourth-order valence-corrected chi connectivity index (χ4v) is 4.88. The number of carbonyl (C=O) groups is 2. The second-order valence-electron chi connectivity index (χ2n) is 7.03. The van der Waals surface area contributed by atoms with E-state index in [1.54, 1.807) is 37.4 Å². The van der Waals surface area contributed by atoms with Gasteiger partial charge in [-0.05, 0) is 49.6 Å². The third-order valence-electron chi connectivity index (χ3n) is 4.90. The minimum absolute atomic E-state index is 0.107. The molecule has 1 saturated heterocycles. The summed E-state index contributed by atoms with van der Waals surface area (Å²) in [5.74, 6) is -0.505. The lowest BCUT2D eigenvalue weighted by atomic mass is 10.1. The van der Waals surface area contributed by atoms with Gasteiger partial charge in [0, 0.05) is 18.3 Å². The zero-order valence-corrected chi connectivity index (χ0v) is 17.6. The van der Waals surface area contributed by atoms with E-state index in [9.17, 15) is 18.0 Å². The van der Waals surface area contributed by atoms with Gasteiger partial charge in [0.05, 0.1) is 18.0 Å². The van der Waals surface area contributed by atoms with Crippen molar-refractivity contribution in [1.82, 2.24) is 9.29 Å². The number of pyridine rings is 1. The standard InChI is InChI=1S/C20H24N4O5S/c1-13(21)19(25)23-18-10-7-15(12-22-18)14-5-8-16(9-6-14)30(27,28)24-11-3-4-17(24)20(26)29-2/h5-10,12-13,17H,3-4,11,21H2,1-2H3,(H,22,23,25)/t13?,17-/m0/s1. The Morgan fingerprint density at radius 3 is 2.43 bits per heavy atom. The summed E-state index contributed by atoms with van der Waals surface area (Å²) in [5, 5.41) is 2.60. The van der Waals surface area contributed by atoms with E-state index in [-0.39, 0.29) is 17.3 Å². The molecule has 3 N–H and O–H groups in total. The zero-order chi connectivity index (χ0) is 21.9. The molecule has 1 aromatic carbocycles. The van der Waals surface area contributed by atoms with Crippen LogP contribution in [0.1, 0.15) is 19.8 Å². The number of benzene rings is 1. The van der Waals surface area contributed by atoms with Crippen molar-refractivity contribution < 1.29 is 22.7 Å². The number of sulfonamides is 1. The van der Waals surface area contributed by atoms with Crippen molar-refractivity contribution in [2.45, 2.75) is 36.7 Å². The topological polar surface area (TPSA) is 132 Å². The molecule has 0 bridgehead atoms. The Balaban J connectivity index is 1.77. The highest BCUT2D eigenvalue weighted by Gasteiger charge is 2.40. The van der Waals surface area contributed by atoms with E-state index in [0.29, 0.717) is 18.7 Å². The van der Waals surface area contributed by atoms with Gasteiger partial charge in [0.15, 0.2) is 0 Å². The largest absolute Gasteiger partial charge is 0.468 e. The van der Waals surface area contributed by atoms with Gasteiger partial charge in [-0.2, -0.15) is 4.31 Å². The Morgan fingerprint density at radius 2 is 1.87 bits per heavy atom. The number of rotatable bonds is 6. The highest BCUT2D eigenvalue weighted by atomic mass is 32.2. The molecule has 1 fully saturated rings. The van der Waals surface area contributed by atoms with Gasteiger partial charge in [0.25, 0.3) is 0 Å². The normalized spacial score (nSPS) is 18.0. The number of nitrogens with two attached hydrogens (primary N) is 1. The van der Waals surface area contributed by atoms with E-state index in [1.165, 1.54) is 23.5 Å². The van der Waals surface area contributed by atoms with Crippen molar-refractivity contribution in [1.29, 1.82) is 0 Å². The van der Waals surface area contributed by atoms with Crippen molar-refractivity contribution in [2.24, 2.45) is 5.73 Å². The summed E-state index contributed by atoms with van der Waals surface area (Å²) < 4.78 is 31.9. The SMILES string of the molecule is COC(=O)[C@@H]1CCCN1S(=O)(=O)c1ccc(-c2ccc(NC(=O)C(C)N)nc2)cc1. The molecule has 1 aliphatic heterocycles. The van der Waals surface area contributed by atoms with Crippen molar-refractivity contribution >= 4 is 27.7 Å². The van der Waals surface area contributed by atoms with Crippen LogP contribution in [-0.4, -0.2) is 55.3 Å². The molecule has 10 heteroatoms. The van der Waals surface area contributed by atoms with Crippen molar-refractivity contribution in [3.63, 3.8) is 0 Å². The van der Waals surface area contributed by atoms with Crippen LogP contribution in [0.5, 0.6) is 0 Å². The number of esters is 1. The molecule has 2 atom stereocenters. The Bertz CT molecular complexity index is 1020. The van der Waals surface area contributed by atoms with Gasteiger partial charge in [0.2, 0.25) is 15.9 Å². The van der Waals surface area contributed by atoms with Crippen LogP contribution in [0.25, 0.3) is 11.1 Å². The maximum absolute atomic E-state index is 13.0. The van der Waals surface area contributed by atoms with Gasteiger partial charge in [-0.1, -0.05) is 12.1 Å². The molecule has 1 aliphatic rings.